The van der Waals surface area contributed by atoms with Crippen molar-refractivity contribution in [1.29, 1.82) is 0 Å². The van der Waals surface area contributed by atoms with E-state index in [1.807, 2.05) is 26.0 Å². The summed E-state index contributed by atoms with van der Waals surface area (Å²) >= 11 is 0. The monoisotopic (exact) mass is 354 g/mol. The molecule has 1 unspecified atom stereocenters. The molecule has 136 valence electrons. The average molecular weight is 354 g/mol. The minimum Gasteiger partial charge on any atom is -0.478 e. The molecule has 0 radical (unpaired) electrons. The van der Waals surface area contributed by atoms with Crippen molar-refractivity contribution >= 4 is 27.9 Å². The van der Waals surface area contributed by atoms with Crippen LogP contribution in [0.15, 0.2) is 39.5 Å². The topological polar surface area (TPSA) is 76.7 Å². The third-order valence-electron chi connectivity index (χ3n) is 4.59. The zero-order chi connectivity index (χ0) is 19.0. The molecule has 0 fully saturated rings. The first-order valence-electron chi connectivity index (χ1n) is 8.72. The highest BCUT2D eigenvalue weighted by Gasteiger charge is 2.19. The molecular weight excluding hydrogens is 332 g/mol. The second-order valence-electron chi connectivity index (χ2n) is 6.69. The summed E-state index contributed by atoms with van der Waals surface area (Å²) < 4.78 is 11.8. The molecule has 0 spiro atoms. The number of carboxylic acids is 1. The maximum absolute atomic E-state index is 13.1. The van der Waals surface area contributed by atoms with Crippen molar-refractivity contribution in [2.24, 2.45) is 0 Å². The fourth-order valence-electron chi connectivity index (χ4n) is 3.12. The quantitative estimate of drug-likeness (QED) is 0.662. The minimum atomic E-state index is -1.08. The lowest BCUT2D eigenvalue weighted by atomic mass is 9.95. The van der Waals surface area contributed by atoms with Crippen LogP contribution >= 0.6 is 0 Å². The molecule has 1 aromatic heterocycles. The van der Waals surface area contributed by atoms with Crippen molar-refractivity contribution in [3.8, 4) is 0 Å². The number of carboxylic acid groups (broad SMARTS) is 1. The lowest BCUT2D eigenvalue weighted by Crippen LogP contribution is -2.09. The lowest BCUT2D eigenvalue weighted by Gasteiger charge is -2.17. The summed E-state index contributed by atoms with van der Waals surface area (Å²) in [5.41, 5.74) is 2.55. The Bertz CT molecular complexity index is 1050. The fourth-order valence-corrected chi connectivity index (χ4v) is 3.12. The highest BCUT2D eigenvalue weighted by Crippen LogP contribution is 2.31. The van der Waals surface area contributed by atoms with Gasteiger partial charge in [0, 0.05) is 12.2 Å². The molecule has 0 saturated heterocycles. The summed E-state index contributed by atoms with van der Waals surface area (Å²) in [5.74, 6) is -0.847. The molecule has 0 aliphatic heterocycles. The molecule has 0 bridgehead atoms. The van der Waals surface area contributed by atoms with Crippen LogP contribution in [0.1, 0.15) is 61.2 Å². The van der Waals surface area contributed by atoms with Crippen molar-refractivity contribution in [3.05, 3.63) is 57.2 Å². The van der Waals surface area contributed by atoms with Gasteiger partial charge in [0.15, 0.2) is 0 Å². The summed E-state index contributed by atoms with van der Waals surface area (Å²) in [4.78, 5) is 24.3. The predicted molar refractivity (Wildman–Crippen MR) is 101 cm³/mol. The van der Waals surface area contributed by atoms with Gasteiger partial charge in [-0.15, -0.1) is 0 Å². The van der Waals surface area contributed by atoms with Crippen LogP contribution < -0.4 is 5.43 Å². The van der Waals surface area contributed by atoms with Gasteiger partial charge >= 0.3 is 5.97 Å². The van der Waals surface area contributed by atoms with Crippen molar-refractivity contribution < 1.29 is 19.1 Å². The molecule has 1 N–H and O–H groups in total. The van der Waals surface area contributed by atoms with Gasteiger partial charge in [-0.1, -0.05) is 13.8 Å². The largest absolute Gasteiger partial charge is 0.478 e. The van der Waals surface area contributed by atoms with Crippen LogP contribution in [0, 0.1) is 0 Å². The first kappa shape index (κ1) is 18.1. The highest BCUT2D eigenvalue weighted by molar-refractivity contribution is 5.96. The average Bonchev–Trinajstić information content (AvgIpc) is 2.61. The summed E-state index contributed by atoms with van der Waals surface area (Å²) in [5, 5.41) is 9.92. The van der Waals surface area contributed by atoms with Crippen molar-refractivity contribution in [2.45, 2.75) is 39.7 Å². The SMILES string of the molecule is CCOC(C)c1cc(C(C)C)cc2c(=O)c3cc(C(=O)O)ccc3oc12. The van der Waals surface area contributed by atoms with Crippen LogP contribution in [0.25, 0.3) is 21.9 Å². The molecular formula is C21H22O5. The maximum atomic E-state index is 13.1. The number of hydrogen-bond donors (Lipinski definition) is 1. The van der Waals surface area contributed by atoms with Gasteiger partial charge in [0.2, 0.25) is 5.43 Å². The molecule has 0 aliphatic rings. The normalized spacial score (nSPS) is 12.8. The molecule has 3 rings (SSSR count). The van der Waals surface area contributed by atoms with Gasteiger partial charge in [0.05, 0.1) is 22.4 Å². The molecule has 5 nitrogen and oxygen atoms in total. The molecule has 5 heteroatoms. The van der Waals surface area contributed by atoms with Crippen LogP contribution in [0.5, 0.6) is 0 Å². The molecule has 26 heavy (non-hydrogen) atoms. The van der Waals surface area contributed by atoms with Gasteiger partial charge < -0.3 is 14.3 Å². The smallest absolute Gasteiger partial charge is 0.335 e. The van der Waals surface area contributed by atoms with E-state index in [4.69, 9.17) is 9.15 Å². The molecule has 2 aromatic carbocycles. The third-order valence-corrected chi connectivity index (χ3v) is 4.59. The predicted octanol–water partition coefficient (Wildman–Crippen LogP) is 4.87. The Balaban J connectivity index is 2.41. The summed E-state index contributed by atoms with van der Waals surface area (Å²) in [7, 11) is 0. The molecule has 0 aliphatic carbocycles. The van der Waals surface area contributed by atoms with Crippen molar-refractivity contribution in [1.82, 2.24) is 0 Å². The number of ether oxygens (including phenoxy) is 1. The zero-order valence-corrected chi connectivity index (χ0v) is 15.3. The number of benzene rings is 2. The zero-order valence-electron chi connectivity index (χ0n) is 15.3. The number of carbonyl (C=O) groups is 1. The van der Waals surface area contributed by atoms with E-state index in [1.165, 1.54) is 18.2 Å². The Labute approximate surface area is 151 Å². The molecule has 1 heterocycles. The maximum Gasteiger partial charge on any atom is 0.335 e. The van der Waals surface area contributed by atoms with Gasteiger partial charge in [0.25, 0.3) is 0 Å². The van der Waals surface area contributed by atoms with Gasteiger partial charge in [0.1, 0.15) is 11.2 Å². The van der Waals surface area contributed by atoms with Crippen LogP contribution in [-0.2, 0) is 4.74 Å². The number of fused-ring (bicyclic) bond motifs is 2. The van der Waals surface area contributed by atoms with Gasteiger partial charge in [-0.05, 0) is 55.7 Å². The Morgan fingerprint density at radius 3 is 2.50 bits per heavy atom. The van der Waals surface area contributed by atoms with Crippen molar-refractivity contribution in [3.63, 3.8) is 0 Å². The van der Waals surface area contributed by atoms with E-state index in [0.29, 0.717) is 23.2 Å². The highest BCUT2D eigenvalue weighted by atomic mass is 16.5. The van der Waals surface area contributed by atoms with E-state index >= 15 is 0 Å². The number of hydrogen-bond acceptors (Lipinski definition) is 4. The standard InChI is InChI=1S/C21H22O5/c1-5-25-12(4)15-9-14(11(2)3)10-17-19(22)16-8-13(21(23)24)6-7-18(16)26-20(15)17/h6-12H,5H2,1-4H3,(H,23,24). The Morgan fingerprint density at radius 1 is 1.15 bits per heavy atom. The van der Waals surface area contributed by atoms with E-state index in [0.717, 1.165) is 11.1 Å². The third kappa shape index (κ3) is 3.10. The van der Waals surface area contributed by atoms with Crippen LogP contribution in [0.4, 0.5) is 0 Å². The van der Waals surface area contributed by atoms with E-state index in [-0.39, 0.29) is 28.4 Å². The lowest BCUT2D eigenvalue weighted by molar-refractivity contribution is 0.0697. The molecule has 1 atom stereocenters. The minimum absolute atomic E-state index is 0.0621. The summed E-state index contributed by atoms with van der Waals surface area (Å²) in [6.07, 6.45) is -0.222. The van der Waals surface area contributed by atoms with Gasteiger partial charge in [-0.2, -0.15) is 0 Å². The van der Waals surface area contributed by atoms with Crippen molar-refractivity contribution in [2.75, 3.05) is 6.61 Å². The van der Waals surface area contributed by atoms with E-state index in [1.54, 1.807) is 0 Å². The molecule has 3 aromatic rings. The molecule has 0 amide bonds. The van der Waals surface area contributed by atoms with E-state index < -0.39 is 5.97 Å². The second kappa shape index (κ2) is 6.92. The number of aromatic carboxylic acids is 1. The van der Waals surface area contributed by atoms with E-state index in [9.17, 15) is 14.7 Å². The Hall–Kier alpha value is -2.66. The van der Waals surface area contributed by atoms with Gasteiger partial charge in [-0.3, -0.25) is 4.79 Å². The van der Waals surface area contributed by atoms with Crippen LogP contribution in [-0.4, -0.2) is 17.7 Å². The van der Waals surface area contributed by atoms with E-state index in [2.05, 4.69) is 13.8 Å². The Kier molecular flexibility index (Phi) is 4.83. The van der Waals surface area contributed by atoms with Gasteiger partial charge in [-0.25, -0.2) is 4.79 Å². The summed E-state index contributed by atoms with van der Waals surface area (Å²) in [6.45, 7) is 8.52. The van der Waals surface area contributed by atoms with Crippen LogP contribution in [0.2, 0.25) is 0 Å². The fraction of sp³-hybridized carbons (Fsp3) is 0.333. The first-order valence-corrected chi connectivity index (χ1v) is 8.72. The van der Waals surface area contributed by atoms with Crippen LogP contribution in [0.3, 0.4) is 0 Å². The first-order chi connectivity index (χ1) is 12.3. The Morgan fingerprint density at radius 2 is 1.88 bits per heavy atom. The summed E-state index contributed by atoms with van der Waals surface area (Å²) in [6, 6.07) is 8.20. The molecule has 0 saturated carbocycles. The number of rotatable bonds is 5. The second-order valence-corrected chi connectivity index (χ2v) is 6.69.